The molecule has 0 N–H and O–H groups in total. The highest BCUT2D eigenvalue weighted by Gasteiger charge is 2.20. The van der Waals surface area contributed by atoms with Crippen LogP contribution in [-0.2, 0) is 0 Å². The van der Waals surface area contributed by atoms with Crippen LogP contribution in [0.4, 0.5) is 0 Å². The molecule has 5 nitrogen and oxygen atoms in total. The number of rotatable bonds is 10. The second-order valence-corrected chi connectivity index (χ2v) is 8.22. The Balaban J connectivity index is 2.23. The second kappa shape index (κ2) is 10.9. The van der Waals surface area contributed by atoms with Crippen LogP contribution in [0.1, 0.15) is 61.3 Å². The number of allylic oxidation sites excluding steroid dienone is 3. The van der Waals surface area contributed by atoms with Crippen molar-refractivity contribution in [2.24, 2.45) is 0 Å². The quantitative estimate of drug-likeness (QED) is 0.331. The molecule has 1 aromatic heterocycles. The van der Waals surface area contributed by atoms with E-state index in [2.05, 4.69) is 32.9 Å². The summed E-state index contributed by atoms with van der Waals surface area (Å²) < 4.78 is 22.9. The van der Waals surface area contributed by atoms with Gasteiger partial charge in [-0.3, -0.25) is 0 Å². The first-order valence-corrected chi connectivity index (χ1v) is 10.5. The second-order valence-electron chi connectivity index (χ2n) is 8.22. The Hall–Kier alpha value is -2.69. The van der Waals surface area contributed by atoms with Crippen molar-refractivity contribution in [1.29, 1.82) is 0 Å². The van der Waals surface area contributed by atoms with Gasteiger partial charge in [0.2, 0.25) is 5.75 Å². The molecule has 0 amide bonds. The molecule has 0 aliphatic rings. The normalized spacial score (nSPS) is 11.8. The van der Waals surface area contributed by atoms with E-state index in [1.807, 2.05) is 39.8 Å². The van der Waals surface area contributed by atoms with Crippen molar-refractivity contribution in [3.8, 4) is 17.2 Å². The van der Waals surface area contributed by atoms with Gasteiger partial charge in [-0.05, 0) is 79.5 Å². The van der Waals surface area contributed by atoms with Crippen LogP contribution in [0.3, 0.4) is 0 Å². The molecule has 0 saturated carbocycles. The Bertz CT molecular complexity index is 959. The lowest BCUT2D eigenvalue weighted by Gasteiger charge is -2.17. The van der Waals surface area contributed by atoms with Crippen LogP contribution >= 0.6 is 0 Å². The fourth-order valence-corrected chi connectivity index (χ4v) is 2.89. The van der Waals surface area contributed by atoms with E-state index in [1.165, 1.54) is 11.1 Å². The summed E-state index contributed by atoms with van der Waals surface area (Å²) >= 11 is 0. The van der Waals surface area contributed by atoms with Gasteiger partial charge in [0.05, 0.1) is 17.6 Å². The molecule has 5 heteroatoms. The Morgan fingerprint density at radius 1 is 1.00 bits per heavy atom. The van der Waals surface area contributed by atoms with Gasteiger partial charge in [-0.2, -0.15) is 0 Å². The monoisotopic (exact) mass is 414 g/mol. The lowest BCUT2D eigenvalue weighted by Crippen LogP contribution is -2.17. The predicted molar refractivity (Wildman–Crippen MR) is 122 cm³/mol. The summed E-state index contributed by atoms with van der Waals surface area (Å²) in [6.45, 7) is 14.3. The molecular formula is C25H34O5. The van der Waals surface area contributed by atoms with E-state index >= 15 is 0 Å². The van der Waals surface area contributed by atoms with E-state index in [4.69, 9.17) is 18.6 Å². The van der Waals surface area contributed by atoms with E-state index in [0.717, 1.165) is 12.8 Å². The van der Waals surface area contributed by atoms with Crippen LogP contribution in [0.15, 0.2) is 50.7 Å². The fourth-order valence-electron chi connectivity index (χ4n) is 2.89. The van der Waals surface area contributed by atoms with Crippen molar-refractivity contribution in [3.63, 3.8) is 0 Å². The molecule has 164 valence electrons. The Morgan fingerprint density at radius 2 is 1.67 bits per heavy atom. The van der Waals surface area contributed by atoms with Crippen molar-refractivity contribution in [2.75, 3.05) is 6.61 Å². The Kier molecular flexibility index (Phi) is 8.58. The first-order valence-electron chi connectivity index (χ1n) is 10.5. The zero-order valence-corrected chi connectivity index (χ0v) is 19.2. The first kappa shape index (κ1) is 23.6. The molecule has 0 radical (unpaired) electrons. The van der Waals surface area contributed by atoms with Crippen LogP contribution in [0, 0.1) is 0 Å². The lowest BCUT2D eigenvalue weighted by molar-refractivity contribution is 0.193. The van der Waals surface area contributed by atoms with Gasteiger partial charge in [0.25, 0.3) is 0 Å². The summed E-state index contributed by atoms with van der Waals surface area (Å²) in [5.41, 5.74) is 2.47. The molecule has 0 unspecified atom stereocenters. The molecule has 2 aromatic rings. The topological polar surface area (TPSA) is 57.9 Å². The summed E-state index contributed by atoms with van der Waals surface area (Å²) in [5.74, 6) is 1.15. The van der Waals surface area contributed by atoms with E-state index in [1.54, 1.807) is 6.07 Å². The predicted octanol–water partition coefficient (Wildman–Crippen LogP) is 6.44. The van der Waals surface area contributed by atoms with Crippen LogP contribution in [-0.4, -0.2) is 18.8 Å². The fraction of sp³-hybridized carbons (Fsp3) is 0.480. The summed E-state index contributed by atoms with van der Waals surface area (Å²) in [7, 11) is 0. The van der Waals surface area contributed by atoms with E-state index in [-0.39, 0.29) is 18.0 Å². The minimum Gasteiger partial charge on any atom is -0.489 e. The highest BCUT2D eigenvalue weighted by Crippen LogP contribution is 2.35. The minimum absolute atomic E-state index is 0.106. The van der Waals surface area contributed by atoms with E-state index < -0.39 is 5.63 Å². The van der Waals surface area contributed by atoms with Crippen LogP contribution in [0.2, 0.25) is 0 Å². The van der Waals surface area contributed by atoms with Crippen LogP contribution < -0.4 is 19.8 Å². The maximum absolute atomic E-state index is 12.5. The first-order chi connectivity index (χ1) is 14.2. The average molecular weight is 415 g/mol. The SMILES string of the molecule is CC(C)=CCC/C(C)=C/COc1ccc2c(OC(C)C)c(OC(C)C)c(=O)oc2c1. The molecule has 30 heavy (non-hydrogen) atoms. The van der Waals surface area contributed by atoms with Gasteiger partial charge in [0.15, 0.2) is 5.75 Å². The smallest absolute Gasteiger partial charge is 0.383 e. The minimum atomic E-state index is -0.556. The number of hydrogen-bond acceptors (Lipinski definition) is 5. The molecular weight excluding hydrogens is 380 g/mol. The summed E-state index contributed by atoms with van der Waals surface area (Å²) in [6, 6.07) is 5.40. The van der Waals surface area contributed by atoms with Gasteiger partial charge in [0, 0.05) is 6.07 Å². The standard InChI is InChI=1S/C25H34O5/c1-16(2)9-8-10-19(7)13-14-27-20-11-12-21-22(15-20)30-25(26)24(29-18(5)6)23(21)28-17(3)4/h9,11-13,15,17-18H,8,10,14H2,1-7H3/b19-13+. The van der Waals surface area contributed by atoms with Crippen molar-refractivity contribution in [3.05, 3.63) is 51.9 Å². The molecule has 1 aromatic carbocycles. The van der Waals surface area contributed by atoms with Crippen molar-refractivity contribution in [2.45, 2.75) is 73.5 Å². The number of ether oxygens (including phenoxy) is 3. The summed E-state index contributed by atoms with van der Waals surface area (Å²) in [6.07, 6.45) is 6.07. The molecule has 2 rings (SSSR count). The van der Waals surface area contributed by atoms with E-state index in [0.29, 0.717) is 29.1 Å². The molecule has 0 saturated heterocycles. The Morgan fingerprint density at radius 3 is 2.30 bits per heavy atom. The third-order valence-corrected chi connectivity index (χ3v) is 4.27. The molecule has 0 aliphatic carbocycles. The summed E-state index contributed by atoms with van der Waals surface area (Å²) in [4.78, 5) is 12.5. The van der Waals surface area contributed by atoms with Gasteiger partial charge in [-0.25, -0.2) is 4.79 Å². The van der Waals surface area contributed by atoms with Gasteiger partial charge >= 0.3 is 5.63 Å². The zero-order valence-electron chi connectivity index (χ0n) is 19.2. The molecule has 0 aliphatic heterocycles. The van der Waals surface area contributed by atoms with Crippen LogP contribution in [0.5, 0.6) is 17.2 Å². The summed E-state index contributed by atoms with van der Waals surface area (Å²) in [5, 5.41) is 0.680. The average Bonchev–Trinajstić information content (AvgIpc) is 2.63. The van der Waals surface area contributed by atoms with Crippen molar-refractivity contribution < 1.29 is 18.6 Å². The maximum Gasteiger partial charge on any atom is 0.383 e. The largest absolute Gasteiger partial charge is 0.489 e. The van der Waals surface area contributed by atoms with E-state index in [9.17, 15) is 4.79 Å². The number of hydrogen-bond donors (Lipinski definition) is 0. The van der Waals surface area contributed by atoms with Crippen LogP contribution in [0.25, 0.3) is 11.0 Å². The lowest BCUT2D eigenvalue weighted by atomic mass is 10.1. The van der Waals surface area contributed by atoms with Gasteiger partial charge in [0.1, 0.15) is 17.9 Å². The van der Waals surface area contributed by atoms with Gasteiger partial charge in [-0.15, -0.1) is 0 Å². The Labute approximate surface area is 179 Å². The number of fused-ring (bicyclic) bond motifs is 1. The highest BCUT2D eigenvalue weighted by atomic mass is 16.5. The van der Waals surface area contributed by atoms with Crippen molar-refractivity contribution >= 4 is 11.0 Å². The molecule has 0 bridgehead atoms. The zero-order chi connectivity index (χ0) is 22.3. The molecule has 0 atom stereocenters. The van der Waals surface area contributed by atoms with Crippen molar-refractivity contribution in [1.82, 2.24) is 0 Å². The molecule has 0 spiro atoms. The third kappa shape index (κ3) is 6.97. The van der Waals surface area contributed by atoms with Gasteiger partial charge < -0.3 is 18.6 Å². The highest BCUT2D eigenvalue weighted by molar-refractivity contribution is 5.86. The van der Waals surface area contributed by atoms with Gasteiger partial charge in [-0.1, -0.05) is 17.2 Å². The molecule has 1 heterocycles. The molecule has 0 fully saturated rings. The number of benzene rings is 1. The third-order valence-electron chi connectivity index (χ3n) is 4.27. The maximum atomic E-state index is 12.5.